The number of hydrogen-bond donors (Lipinski definition) is 3. The van der Waals surface area contributed by atoms with Crippen molar-refractivity contribution >= 4 is 5.97 Å². The minimum atomic E-state index is -0.741. The quantitative estimate of drug-likeness (QED) is 0.408. The van der Waals surface area contributed by atoms with Gasteiger partial charge in [0.25, 0.3) is 0 Å². The molecule has 0 spiro atoms. The molecule has 0 heterocycles. The number of carbonyl (C=O) groups excluding carboxylic acids is 1. The molecule has 1 rings (SSSR count). The Kier molecular flexibility index (Phi) is 4.13. The van der Waals surface area contributed by atoms with Crippen molar-refractivity contribution in [1.82, 2.24) is 0 Å². The lowest BCUT2D eigenvalue weighted by Gasteiger charge is -2.12. The maximum absolute atomic E-state index is 11.5. The van der Waals surface area contributed by atoms with Crippen LogP contribution in [0.2, 0.25) is 0 Å². The average molecular weight is 225 g/mol. The van der Waals surface area contributed by atoms with Crippen molar-refractivity contribution in [1.29, 1.82) is 0 Å². The number of aromatic hydroxyl groups is 2. The summed E-state index contributed by atoms with van der Waals surface area (Å²) < 4.78 is 4.88. The maximum Gasteiger partial charge on any atom is 0.343 e. The van der Waals surface area contributed by atoms with Gasteiger partial charge in [0.1, 0.15) is 17.1 Å². The number of ether oxygens (including phenoxy) is 1. The summed E-state index contributed by atoms with van der Waals surface area (Å²) in [5, 5.41) is 18.6. The molecule has 0 saturated heterocycles. The normalized spacial score (nSPS) is 12.1. The zero-order chi connectivity index (χ0) is 12.1. The molecule has 16 heavy (non-hydrogen) atoms. The summed E-state index contributed by atoms with van der Waals surface area (Å²) in [6, 6.07) is 3.63. The Morgan fingerprint density at radius 1 is 1.50 bits per heavy atom. The van der Waals surface area contributed by atoms with E-state index in [1.807, 2.05) is 6.92 Å². The van der Waals surface area contributed by atoms with E-state index in [-0.39, 0.29) is 17.1 Å². The van der Waals surface area contributed by atoms with Crippen LogP contribution in [-0.2, 0) is 4.74 Å². The highest BCUT2D eigenvalue weighted by atomic mass is 16.6. The molecule has 0 aliphatic carbocycles. The fourth-order valence-electron chi connectivity index (χ4n) is 1.23. The molecule has 0 aromatic heterocycles. The van der Waals surface area contributed by atoms with E-state index >= 15 is 0 Å². The summed E-state index contributed by atoms with van der Waals surface area (Å²) in [5.74, 6) is -1.10. The summed E-state index contributed by atoms with van der Waals surface area (Å²) in [6.07, 6.45) is 0.644. The molecular formula is C11H15NO4. The molecule has 1 aromatic carbocycles. The highest BCUT2D eigenvalue weighted by molar-refractivity contribution is 5.92. The van der Waals surface area contributed by atoms with Gasteiger partial charge in [-0.05, 0) is 24.6 Å². The molecule has 88 valence electrons. The van der Waals surface area contributed by atoms with Crippen LogP contribution in [0.25, 0.3) is 0 Å². The molecule has 4 N–H and O–H groups in total. The van der Waals surface area contributed by atoms with E-state index in [0.29, 0.717) is 6.42 Å². The molecule has 0 radical (unpaired) electrons. The van der Waals surface area contributed by atoms with Crippen molar-refractivity contribution in [3.8, 4) is 11.5 Å². The zero-order valence-corrected chi connectivity index (χ0v) is 9.01. The summed E-state index contributed by atoms with van der Waals surface area (Å²) in [4.78, 5) is 11.5. The van der Waals surface area contributed by atoms with Gasteiger partial charge in [-0.15, -0.1) is 0 Å². The maximum atomic E-state index is 11.5. The summed E-state index contributed by atoms with van der Waals surface area (Å²) >= 11 is 0. The molecule has 0 amide bonds. The number of phenols is 2. The molecule has 0 saturated carbocycles. The van der Waals surface area contributed by atoms with Crippen LogP contribution in [0.15, 0.2) is 18.2 Å². The van der Waals surface area contributed by atoms with Gasteiger partial charge < -0.3 is 14.9 Å². The first-order chi connectivity index (χ1) is 7.54. The first-order valence-electron chi connectivity index (χ1n) is 5.03. The molecule has 1 atom stereocenters. The van der Waals surface area contributed by atoms with Crippen molar-refractivity contribution < 1.29 is 19.7 Å². The minimum Gasteiger partial charge on any atom is -0.508 e. The van der Waals surface area contributed by atoms with Gasteiger partial charge in [0.2, 0.25) is 0 Å². The van der Waals surface area contributed by atoms with Gasteiger partial charge in [0.05, 0.1) is 0 Å². The van der Waals surface area contributed by atoms with Crippen molar-refractivity contribution in [2.75, 3.05) is 0 Å². The van der Waals surface area contributed by atoms with E-state index in [1.54, 1.807) is 0 Å². The number of nitrogens with two attached hydrogens (primary N) is 1. The number of hydrogen-bond acceptors (Lipinski definition) is 5. The van der Waals surface area contributed by atoms with Gasteiger partial charge in [0.15, 0.2) is 6.23 Å². The SMILES string of the molecule is CCCC(N)OC(=O)c1cc(O)ccc1O. The largest absolute Gasteiger partial charge is 0.508 e. The van der Waals surface area contributed by atoms with Crippen LogP contribution in [0.1, 0.15) is 30.1 Å². The van der Waals surface area contributed by atoms with Crippen molar-refractivity contribution in [2.24, 2.45) is 5.73 Å². The summed E-state index contributed by atoms with van der Waals surface area (Å²) in [7, 11) is 0. The Balaban J connectivity index is 2.76. The van der Waals surface area contributed by atoms with Crippen molar-refractivity contribution in [2.45, 2.75) is 26.0 Å². The summed E-state index contributed by atoms with van der Waals surface area (Å²) in [6.45, 7) is 1.92. The van der Waals surface area contributed by atoms with Crippen LogP contribution >= 0.6 is 0 Å². The second-order valence-electron chi connectivity index (χ2n) is 3.43. The standard InChI is InChI=1S/C11H15NO4/c1-2-3-10(12)16-11(15)8-6-7(13)4-5-9(8)14/h4-6,10,13-14H,2-3,12H2,1H3. The van der Waals surface area contributed by atoms with Crippen molar-refractivity contribution in [3.05, 3.63) is 23.8 Å². The predicted octanol–water partition coefficient (Wildman–Crippen LogP) is 1.34. The number of phenolic OH excluding ortho intramolecular Hbond substituents is 2. The number of carbonyl (C=O) groups is 1. The predicted molar refractivity (Wildman–Crippen MR) is 58.1 cm³/mol. The number of benzene rings is 1. The Morgan fingerprint density at radius 2 is 2.19 bits per heavy atom. The van der Waals surface area contributed by atoms with Gasteiger partial charge in [-0.2, -0.15) is 0 Å². The number of esters is 1. The van der Waals surface area contributed by atoms with E-state index in [1.165, 1.54) is 12.1 Å². The lowest BCUT2D eigenvalue weighted by molar-refractivity contribution is 0.0292. The van der Waals surface area contributed by atoms with Crippen LogP contribution in [0.4, 0.5) is 0 Å². The molecule has 0 fully saturated rings. The van der Waals surface area contributed by atoms with Gasteiger partial charge in [-0.1, -0.05) is 13.3 Å². The fraction of sp³-hybridized carbons (Fsp3) is 0.364. The van der Waals surface area contributed by atoms with Gasteiger partial charge >= 0.3 is 5.97 Å². The Morgan fingerprint density at radius 3 is 2.81 bits per heavy atom. The molecular weight excluding hydrogens is 210 g/mol. The van der Waals surface area contributed by atoms with Crippen LogP contribution in [0.5, 0.6) is 11.5 Å². The molecule has 5 nitrogen and oxygen atoms in total. The third-order valence-corrected chi connectivity index (χ3v) is 2.03. The van der Waals surface area contributed by atoms with E-state index in [9.17, 15) is 15.0 Å². The van der Waals surface area contributed by atoms with E-state index in [0.717, 1.165) is 12.5 Å². The van der Waals surface area contributed by atoms with Gasteiger partial charge in [0, 0.05) is 0 Å². The highest BCUT2D eigenvalue weighted by Gasteiger charge is 2.16. The summed E-state index contributed by atoms with van der Waals surface area (Å²) in [5.41, 5.74) is 5.43. The lowest BCUT2D eigenvalue weighted by Crippen LogP contribution is -2.26. The van der Waals surface area contributed by atoms with Crippen LogP contribution in [0.3, 0.4) is 0 Å². The van der Waals surface area contributed by atoms with Crippen LogP contribution in [0, 0.1) is 0 Å². The Hall–Kier alpha value is -1.75. The van der Waals surface area contributed by atoms with E-state index in [2.05, 4.69) is 0 Å². The van der Waals surface area contributed by atoms with Gasteiger partial charge in [-0.25, -0.2) is 4.79 Å². The van der Waals surface area contributed by atoms with Crippen LogP contribution in [-0.4, -0.2) is 22.4 Å². The molecule has 1 aromatic rings. The van der Waals surface area contributed by atoms with E-state index in [4.69, 9.17) is 10.5 Å². The topological polar surface area (TPSA) is 92.8 Å². The Bertz CT molecular complexity index is 378. The average Bonchev–Trinajstić information content (AvgIpc) is 2.21. The molecule has 0 aliphatic rings. The lowest BCUT2D eigenvalue weighted by atomic mass is 10.2. The fourth-order valence-corrected chi connectivity index (χ4v) is 1.23. The molecule has 5 heteroatoms. The van der Waals surface area contributed by atoms with Crippen LogP contribution < -0.4 is 5.73 Å². The second kappa shape index (κ2) is 5.37. The third kappa shape index (κ3) is 3.13. The molecule has 1 unspecified atom stereocenters. The monoisotopic (exact) mass is 225 g/mol. The molecule has 0 aliphatic heterocycles. The van der Waals surface area contributed by atoms with E-state index < -0.39 is 12.2 Å². The highest BCUT2D eigenvalue weighted by Crippen LogP contribution is 2.23. The van der Waals surface area contributed by atoms with Gasteiger partial charge in [-0.3, -0.25) is 5.73 Å². The zero-order valence-electron chi connectivity index (χ0n) is 9.01. The molecule has 0 bridgehead atoms. The Labute approximate surface area is 93.5 Å². The minimum absolute atomic E-state index is 0.0912. The second-order valence-corrected chi connectivity index (χ2v) is 3.43. The van der Waals surface area contributed by atoms with Crippen molar-refractivity contribution in [3.63, 3.8) is 0 Å². The third-order valence-electron chi connectivity index (χ3n) is 2.03. The smallest absolute Gasteiger partial charge is 0.343 e. The first-order valence-corrected chi connectivity index (χ1v) is 5.03. The first kappa shape index (κ1) is 12.3. The number of rotatable bonds is 4.